The van der Waals surface area contributed by atoms with Gasteiger partial charge in [-0.15, -0.1) is 0 Å². The Hall–Kier alpha value is -3.04. The summed E-state index contributed by atoms with van der Waals surface area (Å²) >= 11 is 0. The number of unbranched alkanes of at least 4 members (excludes halogenated alkanes) is 3. The lowest BCUT2D eigenvalue weighted by atomic mass is 10.0. The number of ether oxygens (including phenoxy) is 1. The molecule has 0 fully saturated rings. The van der Waals surface area contributed by atoms with Gasteiger partial charge in [-0.3, -0.25) is 0 Å². The van der Waals surface area contributed by atoms with Crippen LogP contribution in [-0.2, 0) is 6.42 Å². The Morgan fingerprint density at radius 1 is 0.759 bits per heavy atom. The molecule has 0 saturated heterocycles. The van der Waals surface area contributed by atoms with Crippen LogP contribution in [0.3, 0.4) is 0 Å². The van der Waals surface area contributed by atoms with Crippen LogP contribution in [0.5, 0.6) is 5.75 Å². The van der Waals surface area contributed by atoms with Gasteiger partial charge in [-0.25, -0.2) is 0 Å². The van der Waals surface area contributed by atoms with Gasteiger partial charge in [0.1, 0.15) is 5.75 Å². The second kappa shape index (κ2) is 12.4. The molecule has 0 bridgehead atoms. The van der Waals surface area contributed by atoms with Gasteiger partial charge in [-0.1, -0.05) is 50.2 Å². The van der Waals surface area contributed by atoms with Crippen LogP contribution in [0.4, 0.5) is 8.78 Å². The molecule has 0 amide bonds. The molecule has 2 aromatic carbocycles. The van der Waals surface area contributed by atoms with Crippen molar-refractivity contribution >= 4 is 0 Å². The first-order chi connectivity index (χ1) is 14.1. The average molecular weight is 392 g/mol. The molecule has 0 aliphatic heterocycles. The molecule has 150 valence electrons. The van der Waals surface area contributed by atoms with E-state index in [-0.39, 0.29) is 0 Å². The van der Waals surface area contributed by atoms with Crippen molar-refractivity contribution in [1.82, 2.24) is 0 Å². The highest BCUT2D eigenvalue weighted by Gasteiger charge is 2.00. The molecule has 3 heteroatoms. The molecule has 0 N–H and O–H groups in total. The maximum absolute atomic E-state index is 13.9. The second-order valence-corrected chi connectivity index (χ2v) is 6.59. The maximum Gasteiger partial charge on any atom is 0.217 e. The summed E-state index contributed by atoms with van der Waals surface area (Å²) in [7, 11) is 0. The molecule has 2 aromatic rings. The predicted octanol–water partition coefficient (Wildman–Crippen LogP) is 6.76. The van der Waals surface area contributed by atoms with Crippen molar-refractivity contribution in [1.29, 1.82) is 0 Å². The Balaban J connectivity index is 1.97. The van der Waals surface area contributed by atoms with E-state index in [2.05, 4.69) is 30.6 Å². The van der Waals surface area contributed by atoms with E-state index in [1.165, 1.54) is 24.8 Å². The van der Waals surface area contributed by atoms with E-state index in [4.69, 9.17) is 4.74 Å². The van der Waals surface area contributed by atoms with Crippen LogP contribution in [0, 0.1) is 23.7 Å². The fraction of sp³-hybridized carbons (Fsp3) is 0.308. The highest BCUT2D eigenvalue weighted by Crippen LogP contribution is 2.13. The molecule has 0 heterocycles. The van der Waals surface area contributed by atoms with E-state index in [9.17, 15) is 8.78 Å². The fourth-order valence-electron chi connectivity index (χ4n) is 2.68. The quantitative estimate of drug-likeness (QED) is 0.373. The maximum atomic E-state index is 13.9. The van der Waals surface area contributed by atoms with Crippen LogP contribution in [0.15, 0.2) is 60.2 Å². The van der Waals surface area contributed by atoms with Crippen molar-refractivity contribution in [3.8, 4) is 29.4 Å². The van der Waals surface area contributed by atoms with E-state index in [0.29, 0.717) is 23.5 Å². The Morgan fingerprint density at radius 2 is 1.31 bits per heavy atom. The number of allylic oxidation sites excluding steroid dienone is 2. The number of aryl methyl sites for hydroxylation is 1. The molecule has 29 heavy (non-hydrogen) atoms. The molecule has 0 aliphatic carbocycles. The van der Waals surface area contributed by atoms with E-state index >= 15 is 0 Å². The van der Waals surface area contributed by atoms with Crippen molar-refractivity contribution in [3.05, 3.63) is 76.9 Å². The van der Waals surface area contributed by atoms with Crippen LogP contribution in [0.25, 0.3) is 0 Å². The first-order valence-electron chi connectivity index (χ1n) is 10.0. The standard InChI is InChI=1S/C26H26F2O/c1-3-5-6-7-8-21-9-11-22(12-10-21)15-19-25(27)26(28)20-16-23-13-17-24(18-14-23)29-4-2/h9-14,17-18H,3-8H2,1-2H3. The van der Waals surface area contributed by atoms with Gasteiger partial charge in [-0.2, -0.15) is 8.78 Å². The monoisotopic (exact) mass is 392 g/mol. The molecule has 0 aromatic heterocycles. The number of halogens is 2. The summed E-state index contributed by atoms with van der Waals surface area (Å²) in [4.78, 5) is 0. The van der Waals surface area contributed by atoms with Gasteiger partial charge in [-0.05, 0) is 73.6 Å². The molecule has 1 nitrogen and oxygen atoms in total. The Bertz CT molecular complexity index is 917. The number of rotatable bonds is 7. The fourth-order valence-corrected chi connectivity index (χ4v) is 2.68. The van der Waals surface area contributed by atoms with E-state index in [1.807, 2.05) is 31.2 Å². The third-order valence-electron chi connectivity index (χ3n) is 4.26. The minimum absolute atomic E-state index is 0.563. The number of hydrogen-bond acceptors (Lipinski definition) is 1. The van der Waals surface area contributed by atoms with Crippen LogP contribution >= 0.6 is 0 Å². The van der Waals surface area contributed by atoms with Gasteiger partial charge in [0.25, 0.3) is 0 Å². The lowest BCUT2D eigenvalue weighted by molar-refractivity contribution is 0.340. The largest absolute Gasteiger partial charge is 0.494 e. The van der Waals surface area contributed by atoms with Crippen molar-refractivity contribution < 1.29 is 13.5 Å². The third kappa shape index (κ3) is 8.24. The zero-order valence-corrected chi connectivity index (χ0v) is 17.0. The summed E-state index contributed by atoms with van der Waals surface area (Å²) in [6.45, 7) is 4.64. The molecule has 2 rings (SSSR count). The van der Waals surface area contributed by atoms with Crippen molar-refractivity contribution in [2.45, 2.75) is 46.0 Å². The SMILES string of the molecule is CCCCCCc1ccc(C#CC(F)=C(F)C#Cc2ccc(OCC)cc2)cc1. The topological polar surface area (TPSA) is 9.23 Å². The summed E-state index contributed by atoms with van der Waals surface area (Å²) < 4.78 is 33.1. The summed E-state index contributed by atoms with van der Waals surface area (Å²) in [6.07, 6.45) is 5.88. The van der Waals surface area contributed by atoms with Gasteiger partial charge in [0.05, 0.1) is 6.61 Å². The van der Waals surface area contributed by atoms with Crippen molar-refractivity contribution in [3.63, 3.8) is 0 Å². The second-order valence-electron chi connectivity index (χ2n) is 6.59. The third-order valence-corrected chi connectivity index (χ3v) is 4.26. The van der Waals surface area contributed by atoms with Gasteiger partial charge < -0.3 is 4.74 Å². The lowest BCUT2D eigenvalue weighted by Crippen LogP contribution is -1.90. The minimum Gasteiger partial charge on any atom is -0.494 e. The first kappa shape index (κ1) is 22.3. The smallest absolute Gasteiger partial charge is 0.217 e. The molecule has 0 atom stereocenters. The number of benzene rings is 2. The number of hydrogen-bond donors (Lipinski definition) is 0. The predicted molar refractivity (Wildman–Crippen MR) is 115 cm³/mol. The molecular weight excluding hydrogens is 366 g/mol. The van der Waals surface area contributed by atoms with Gasteiger partial charge in [0.2, 0.25) is 11.7 Å². The summed E-state index contributed by atoms with van der Waals surface area (Å²) in [5.41, 5.74) is 2.44. The normalized spacial score (nSPS) is 10.9. The molecule has 0 aliphatic rings. The molecule has 0 spiro atoms. The van der Waals surface area contributed by atoms with E-state index in [1.54, 1.807) is 24.3 Å². The van der Waals surface area contributed by atoms with E-state index in [0.717, 1.165) is 12.8 Å². The Kier molecular flexibility index (Phi) is 9.53. The minimum atomic E-state index is -1.17. The summed E-state index contributed by atoms with van der Waals surface area (Å²) in [5, 5.41) is 0. The van der Waals surface area contributed by atoms with E-state index < -0.39 is 11.7 Å². The molecule has 0 saturated carbocycles. The molecule has 0 unspecified atom stereocenters. The zero-order chi connectivity index (χ0) is 20.9. The molecular formula is C26H26F2O. The van der Waals surface area contributed by atoms with Crippen LogP contribution in [0.2, 0.25) is 0 Å². The van der Waals surface area contributed by atoms with Crippen LogP contribution < -0.4 is 4.74 Å². The highest BCUT2D eigenvalue weighted by atomic mass is 19.2. The van der Waals surface area contributed by atoms with Crippen molar-refractivity contribution in [2.24, 2.45) is 0 Å². The van der Waals surface area contributed by atoms with Crippen LogP contribution in [-0.4, -0.2) is 6.61 Å². The summed E-state index contributed by atoms with van der Waals surface area (Å²) in [6, 6.07) is 14.5. The first-order valence-corrected chi connectivity index (χ1v) is 10.0. The van der Waals surface area contributed by atoms with Gasteiger partial charge >= 0.3 is 0 Å². The highest BCUT2D eigenvalue weighted by molar-refractivity contribution is 5.46. The Labute approximate surface area is 172 Å². The zero-order valence-electron chi connectivity index (χ0n) is 17.0. The average Bonchev–Trinajstić information content (AvgIpc) is 2.75. The molecule has 0 radical (unpaired) electrons. The van der Waals surface area contributed by atoms with Gasteiger partial charge in [0, 0.05) is 11.1 Å². The Morgan fingerprint density at radius 3 is 1.83 bits per heavy atom. The van der Waals surface area contributed by atoms with Gasteiger partial charge in [0.15, 0.2) is 0 Å². The summed E-state index contributed by atoms with van der Waals surface area (Å²) in [5.74, 6) is 7.98. The van der Waals surface area contributed by atoms with Crippen molar-refractivity contribution in [2.75, 3.05) is 6.61 Å². The lowest BCUT2D eigenvalue weighted by Gasteiger charge is -2.01. The van der Waals surface area contributed by atoms with Crippen LogP contribution in [0.1, 0.15) is 56.2 Å².